The molecule has 4 rings (SSSR count). The van der Waals surface area contributed by atoms with Crippen molar-refractivity contribution in [3.05, 3.63) is 119 Å². The Bertz CT molecular complexity index is 1420. The largest absolute Gasteiger partial charge is 0.497 e. The molecule has 0 saturated heterocycles. The maximum atomic E-state index is 14.0. The Morgan fingerprint density at radius 2 is 0.973 bits per heavy atom. The number of carbonyl (C=O) groups is 2. The zero-order valence-corrected chi connectivity index (χ0v) is 21.3. The van der Waals surface area contributed by atoms with Gasteiger partial charge in [0, 0.05) is 24.0 Å². The second kappa shape index (κ2) is 11.2. The normalized spacial score (nSPS) is 11.1. The predicted molar refractivity (Wildman–Crippen MR) is 140 cm³/mol. The zero-order valence-electron chi connectivity index (χ0n) is 20.5. The van der Waals surface area contributed by atoms with Gasteiger partial charge in [-0.1, -0.05) is 60.7 Å². The second-order valence-corrected chi connectivity index (χ2v) is 10.3. The van der Waals surface area contributed by atoms with Gasteiger partial charge in [-0.15, -0.1) is 0 Å². The van der Waals surface area contributed by atoms with E-state index in [1.807, 2.05) is 0 Å². The maximum absolute atomic E-state index is 14.0. The summed E-state index contributed by atoms with van der Waals surface area (Å²) in [6.45, 7) is 0. The molecule has 0 fully saturated rings. The van der Waals surface area contributed by atoms with Gasteiger partial charge in [0.2, 0.25) is 9.84 Å². The number of hydrogen-bond acceptors (Lipinski definition) is 6. The number of rotatable bonds is 10. The number of methoxy groups -OCH3 is 2. The van der Waals surface area contributed by atoms with E-state index >= 15 is 0 Å². The van der Waals surface area contributed by atoms with Gasteiger partial charge in [-0.2, -0.15) is 0 Å². The lowest BCUT2D eigenvalue weighted by molar-refractivity contribution is 0.0984. The van der Waals surface area contributed by atoms with Crippen LogP contribution in [0.15, 0.2) is 107 Å². The lowest BCUT2D eigenvalue weighted by Crippen LogP contribution is -2.14. The second-order valence-electron chi connectivity index (χ2n) is 8.38. The third kappa shape index (κ3) is 5.78. The van der Waals surface area contributed by atoms with Crippen molar-refractivity contribution in [2.45, 2.75) is 22.6 Å². The van der Waals surface area contributed by atoms with Gasteiger partial charge in [-0.05, 0) is 47.5 Å². The summed E-state index contributed by atoms with van der Waals surface area (Å²) >= 11 is 0. The molecule has 0 N–H and O–H groups in total. The van der Waals surface area contributed by atoms with Crippen molar-refractivity contribution in [1.29, 1.82) is 0 Å². The molecule has 0 saturated carbocycles. The lowest BCUT2D eigenvalue weighted by atomic mass is 10.0. The van der Waals surface area contributed by atoms with Gasteiger partial charge < -0.3 is 9.47 Å². The molecule has 0 bridgehead atoms. The maximum Gasteiger partial charge on any atom is 0.207 e. The summed E-state index contributed by atoms with van der Waals surface area (Å²) in [6, 6.07) is 26.5. The number of carbonyl (C=O) groups excluding carboxylic acids is 2. The number of Topliss-reactive ketones (excluding diaryl/α,β-unsaturated/α-hetero) is 2. The van der Waals surface area contributed by atoms with Crippen LogP contribution in [0.1, 0.15) is 31.8 Å². The number of hydrogen-bond donors (Lipinski definition) is 0. The molecule has 4 aromatic carbocycles. The fraction of sp³-hybridized carbons (Fsp3) is 0.133. The van der Waals surface area contributed by atoms with Crippen LogP contribution in [0.3, 0.4) is 0 Å². The highest BCUT2D eigenvalue weighted by Gasteiger charge is 2.27. The molecule has 0 unspecified atom stereocenters. The third-order valence-corrected chi connectivity index (χ3v) is 7.96. The van der Waals surface area contributed by atoms with Crippen molar-refractivity contribution in [2.75, 3.05) is 14.2 Å². The van der Waals surface area contributed by atoms with Crippen molar-refractivity contribution in [2.24, 2.45) is 0 Å². The predicted octanol–water partition coefficient (Wildman–Crippen LogP) is 5.39. The summed E-state index contributed by atoms with van der Waals surface area (Å²) in [4.78, 5) is 25.9. The van der Waals surface area contributed by atoms with Crippen molar-refractivity contribution in [3.63, 3.8) is 0 Å². The van der Waals surface area contributed by atoms with E-state index in [1.54, 1.807) is 84.9 Å². The minimum absolute atomic E-state index is 0.0174. The molecule has 0 aliphatic heterocycles. The first-order chi connectivity index (χ1) is 17.8. The van der Waals surface area contributed by atoms with E-state index in [-0.39, 0.29) is 34.2 Å². The topological polar surface area (TPSA) is 86.7 Å². The lowest BCUT2D eigenvalue weighted by Gasteiger charge is -2.16. The van der Waals surface area contributed by atoms with Crippen LogP contribution in [-0.2, 0) is 22.7 Å². The van der Waals surface area contributed by atoms with Crippen molar-refractivity contribution in [3.8, 4) is 11.5 Å². The van der Waals surface area contributed by atoms with Crippen LogP contribution in [0.25, 0.3) is 0 Å². The average molecular weight is 515 g/mol. The van der Waals surface area contributed by atoms with E-state index < -0.39 is 9.84 Å². The van der Waals surface area contributed by atoms with Crippen molar-refractivity contribution < 1.29 is 27.5 Å². The van der Waals surface area contributed by atoms with Crippen LogP contribution in [0, 0.1) is 0 Å². The molecular formula is C30H26O6S. The molecule has 0 aromatic heterocycles. The molecule has 0 radical (unpaired) electrons. The van der Waals surface area contributed by atoms with E-state index in [0.29, 0.717) is 33.8 Å². The van der Waals surface area contributed by atoms with Crippen molar-refractivity contribution in [1.82, 2.24) is 0 Å². The molecule has 0 aliphatic carbocycles. The Kier molecular flexibility index (Phi) is 7.84. The van der Waals surface area contributed by atoms with E-state index in [4.69, 9.17) is 9.47 Å². The van der Waals surface area contributed by atoms with Crippen LogP contribution < -0.4 is 9.47 Å². The minimum atomic E-state index is -4.12. The molecule has 0 aliphatic rings. The first-order valence-electron chi connectivity index (χ1n) is 11.6. The summed E-state index contributed by atoms with van der Waals surface area (Å²) < 4.78 is 38.6. The van der Waals surface area contributed by atoms with Gasteiger partial charge in [-0.3, -0.25) is 9.59 Å². The molecular weight excluding hydrogens is 488 g/mol. The number of ketones is 2. The van der Waals surface area contributed by atoms with Crippen LogP contribution in [-0.4, -0.2) is 34.2 Å². The Morgan fingerprint density at radius 1 is 0.595 bits per heavy atom. The van der Waals surface area contributed by atoms with Gasteiger partial charge in [0.25, 0.3) is 0 Å². The van der Waals surface area contributed by atoms with E-state index in [0.717, 1.165) is 0 Å². The molecule has 0 atom stereocenters. The number of ether oxygens (including phenoxy) is 2. The molecule has 4 aromatic rings. The van der Waals surface area contributed by atoms with Gasteiger partial charge in [0.1, 0.15) is 11.5 Å². The highest BCUT2D eigenvalue weighted by molar-refractivity contribution is 7.91. The highest BCUT2D eigenvalue weighted by atomic mass is 32.2. The molecule has 37 heavy (non-hydrogen) atoms. The van der Waals surface area contributed by atoms with Crippen LogP contribution in [0.5, 0.6) is 11.5 Å². The van der Waals surface area contributed by atoms with Crippen LogP contribution in [0.2, 0.25) is 0 Å². The smallest absolute Gasteiger partial charge is 0.207 e. The van der Waals surface area contributed by atoms with Gasteiger partial charge in [0.05, 0.1) is 24.0 Å². The SMILES string of the molecule is COc1ccc(S(=O)(=O)c2ccc(OC)cc2CC(=O)c2ccccc2)c(CC(=O)c2ccccc2)c1. The van der Waals surface area contributed by atoms with Gasteiger partial charge in [-0.25, -0.2) is 8.42 Å². The number of benzene rings is 4. The summed E-state index contributed by atoms with van der Waals surface area (Å²) in [5.74, 6) is 0.423. The molecule has 6 nitrogen and oxygen atoms in total. The summed E-state index contributed by atoms with van der Waals surface area (Å²) in [5, 5.41) is 0. The molecule has 0 spiro atoms. The van der Waals surface area contributed by atoms with E-state index in [2.05, 4.69) is 0 Å². The summed E-state index contributed by atoms with van der Waals surface area (Å²) in [7, 11) is -1.17. The first-order valence-corrected chi connectivity index (χ1v) is 13.1. The Hall–Kier alpha value is -4.23. The van der Waals surface area contributed by atoms with Gasteiger partial charge in [0.15, 0.2) is 11.6 Å². The molecule has 188 valence electrons. The zero-order chi connectivity index (χ0) is 26.4. The fourth-order valence-electron chi connectivity index (χ4n) is 4.08. The summed E-state index contributed by atoms with van der Waals surface area (Å²) in [6.07, 6.45) is -0.269. The molecule has 0 heterocycles. The van der Waals surface area contributed by atoms with Crippen molar-refractivity contribution >= 4 is 21.4 Å². The quantitative estimate of drug-likeness (QED) is 0.264. The highest BCUT2D eigenvalue weighted by Crippen LogP contribution is 2.32. The Labute approximate surface area is 216 Å². The Morgan fingerprint density at radius 3 is 1.32 bits per heavy atom. The minimum Gasteiger partial charge on any atom is -0.497 e. The van der Waals surface area contributed by atoms with Gasteiger partial charge >= 0.3 is 0 Å². The monoisotopic (exact) mass is 514 g/mol. The number of sulfone groups is 1. The molecule has 7 heteroatoms. The molecule has 0 amide bonds. The van der Waals surface area contributed by atoms with Crippen LogP contribution >= 0.6 is 0 Å². The summed E-state index contributed by atoms with van der Waals surface area (Å²) in [5.41, 5.74) is 1.58. The van der Waals surface area contributed by atoms with E-state index in [1.165, 1.54) is 26.4 Å². The first kappa shape index (κ1) is 25.9. The standard InChI is InChI=1S/C30H26O6S/c1-35-25-13-15-29(23(17-25)19-27(31)21-9-5-3-6-10-21)37(33,34)30-16-14-26(36-2)18-24(30)20-28(32)22-11-7-4-8-12-22/h3-18H,19-20H2,1-2H3. The Balaban J connectivity index is 1.78. The third-order valence-electron chi connectivity index (χ3n) is 6.01. The van der Waals surface area contributed by atoms with Crippen LogP contribution in [0.4, 0.5) is 0 Å². The average Bonchev–Trinajstić information content (AvgIpc) is 2.93. The fourth-order valence-corrected chi connectivity index (χ4v) is 5.77. The van der Waals surface area contributed by atoms with E-state index in [9.17, 15) is 18.0 Å².